The Balaban J connectivity index is 1.75. The van der Waals surface area contributed by atoms with E-state index in [4.69, 9.17) is 27.9 Å². The van der Waals surface area contributed by atoms with E-state index in [2.05, 4.69) is 11.8 Å². The molecule has 2 unspecified atom stereocenters. The van der Waals surface area contributed by atoms with Gasteiger partial charge in [-0.05, 0) is 36.1 Å². The molecule has 2 aliphatic heterocycles. The molecule has 2 heterocycles. The van der Waals surface area contributed by atoms with Crippen molar-refractivity contribution in [3.05, 3.63) is 33.3 Å². The molecular weight excluding hydrogens is 337 g/mol. The number of aliphatic carboxylic acids is 1. The molecule has 124 valence electrons. The van der Waals surface area contributed by atoms with Crippen LogP contribution in [0.5, 0.6) is 5.75 Å². The van der Waals surface area contributed by atoms with Crippen molar-refractivity contribution in [2.45, 2.75) is 13.3 Å². The lowest BCUT2D eigenvalue weighted by Crippen LogP contribution is -2.43. The number of likely N-dealkylation sites (tertiary alicyclic amines) is 1. The van der Waals surface area contributed by atoms with E-state index in [-0.39, 0.29) is 5.92 Å². The van der Waals surface area contributed by atoms with Crippen LogP contribution in [0.1, 0.15) is 18.9 Å². The zero-order valence-electron chi connectivity index (χ0n) is 12.9. The Labute approximate surface area is 145 Å². The first-order valence-electron chi connectivity index (χ1n) is 7.69. The Bertz CT molecular complexity index is 659. The fourth-order valence-corrected chi connectivity index (χ4v) is 3.98. The highest BCUT2D eigenvalue weighted by molar-refractivity contribution is 6.36. The summed E-state index contributed by atoms with van der Waals surface area (Å²) in [6, 6.07) is 3.51. The van der Waals surface area contributed by atoms with Crippen LogP contribution < -0.4 is 4.74 Å². The first kappa shape index (κ1) is 16.6. The van der Waals surface area contributed by atoms with Gasteiger partial charge in [-0.1, -0.05) is 30.1 Å². The number of piperidine rings is 1. The smallest absolute Gasteiger partial charge is 0.307 e. The van der Waals surface area contributed by atoms with Crippen molar-refractivity contribution in [1.82, 2.24) is 4.90 Å². The summed E-state index contributed by atoms with van der Waals surface area (Å²) in [5.41, 5.74) is 1.98. The topological polar surface area (TPSA) is 49.8 Å². The van der Waals surface area contributed by atoms with E-state index in [0.29, 0.717) is 41.4 Å². The van der Waals surface area contributed by atoms with Crippen LogP contribution in [0.25, 0.3) is 6.08 Å². The molecule has 1 fully saturated rings. The number of hydrogen-bond donors (Lipinski definition) is 1. The number of rotatable bonds is 3. The number of carboxylic acids is 1. The van der Waals surface area contributed by atoms with Gasteiger partial charge < -0.3 is 9.84 Å². The van der Waals surface area contributed by atoms with Crippen molar-refractivity contribution < 1.29 is 14.6 Å². The molecule has 4 nitrogen and oxygen atoms in total. The zero-order valence-corrected chi connectivity index (χ0v) is 14.4. The Kier molecular flexibility index (Phi) is 4.85. The van der Waals surface area contributed by atoms with Gasteiger partial charge in [0.15, 0.2) is 0 Å². The summed E-state index contributed by atoms with van der Waals surface area (Å²) in [6.45, 7) is 4.77. The zero-order chi connectivity index (χ0) is 16.6. The second-order valence-electron chi connectivity index (χ2n) is 6.47. The summed E-state index contributed by atoms with van der Waals surface area (Å²) < 4.78 is 5.76. The monoisotopic (exact) mass is 355 g/mol. The summed E-state index contributed by atoms with van der Waals surface area (Å²) in [5, 5.41) is 10.4. The Morgan fingerprint density at radius 1 is 1.39 bits per heavy atom. The highest BCUT2D eigenvalue weighted by atomic mass is 35.5. The number of halogens is 2. The molecule has 6 heteroatoms. The number of fused-ring (bicyclic) bond motifs is 1. The van der Waals surface area contributed by atoms with Gasteiger partial charge in [0.1, 0.15) is 12.4 Å². The van der Waals surface area contributed by atoms with Crippen molar-refractivity contribution in [2.24, 2.45) is 11.8 Å². The minimum Gasteiger partial charge on any atom is -0.487 e. The molecule has 0 amide bonds. The van der Waals surface area contributed by atoms with E-state index in [1.165, 1.54) is 0 Å². The van der Waals surface area contributed by atoms with Crippen molar-refractivity contribution >= 4 is 35.2 Å². The minimum atomic E-state index is -0.709. The van der Waals surface area contributed by atoms with Gasteiger partial charge in [-0.3, -0.25) is 9.69 Å². The van der Waals surface area contributed by atoms with Gasteiger partial charge in [0.25, 0.3) is 0 Å². The third-order valence-corrected chi connectivity index (χ3v) is 4.81. The fourth-order valence-electron chi connectivity index (χ4n) is 3.41. The summed E-state index contributed by atoms with van der Waals surface area (Å²) in [4.78, 5) is 13.5. The lowest BCUT2D eigenvalue weighted by atomic mass is 9.90. The van der Waals surface area contributed by atoms with Gasteiger partial charge in [0.05, 0.1) is 10.9 Å². The molecule has 1 aromatic carbocycles. The number of carbonyl (C=O) groups is 1. The maximum atomic E-state index is 11.3. The van der Waals surface area contributed by atoms with Crippen LogP contribution in [0, 0.1) is 11.8 Å². The maximum Gasteiger partial charge on any atom is 0.307 e. The van der Waals surface area contributed by atoms with E-state index in [1.54, 1.807) is 6.07 Å². The van der Waals surface area contributed by atoms with E-state index in [9.17, 15) is 9.90 Å². The fraction of sp³-hybridized carbons (Fsp3) is 0.471. The number of nitrogens with zero attached hydrogens (tertiary/aromatic N) is 1. The molecular formula is C17H19Cl2NO3. The van der Waals surface area contributed by atoms with Crippen LogP contribution in [-0.2, 0) is 4.79 Å². The number of carboxylic acid groups (broad SMARTS) is 1. The van der Waals surface area contributed by atoms with Gasteiger partial charge in [0.2, 0.25) is 0 Å². The van der Waals surface area contributed by atoms with Crippen LogP contribution in [0.15, 0.2) is 17.7 Å². The van der Waals surface area contributed by atoms with Gasteiger partial charge in [-0.15, -0.1) is 0 Å². The van der Waals surface area contributed by atoms with Crippen molar-refractivity contribution in [1.29, 1.82) is 0 Å². The highest BCUT2D eigenvalue weighted by Crippen LogP contribution is 2.36. The normalized spacial score (nSPS) is 24.6. The van der Waals surface area contributed by atoms with Crippen LogP contribution in [-0.4, -0.2) is 42.2 Å². The van der Waals surface area contributed by atoms with Crippen LogP contribution in [0.3, 0.4) is 0 Å². The second-order valence-corrected chi connectivity index (χ2v) is 7.31. The molecule has 1 saturated heterocycles. The second kappa shape index (κ2) is 6.71. The van der Waals surface area contributed by atoms with Crippen molar-refractivity contribution in [3.63, 3.8) is 0 Å². The highest BCUT2D eigenvalue weighted by Gasteiger charge is 2.30. The third-order valence-electron chi connectivity index (χ3n) is 4.31. The van der Waals surface area contributed by atoms with Gasteiger partial charge in [0, 0.05) is 30.2 Å². The molecule has 0 spiro atoms. The van der Waals surface area contributed by atoms with Crippen LogP contribution in [0.4, 0.5) is 0 Å². The molecule has 1 aromatic rings. The Morgan fingerprint density at radius 2 is 2.17 bits per heavy atom. The predicted molar refractivity (Wildman–Crippen MR) is 91.3 cm³/mol. The predicted octanol–water partition coefficient (Wildman–Crippen LogP) is 3.81. The van der Waals surface area contributed by atoms with Crippen LogP contribution in [0.2, 0.25) is 10.0 Å². The van der Waals surface area contributed by atoms with Crippen molar-refractivity contribution in [3.8, 4) is 5.75 Å². The maximum absolute atomic E-state index is 11.3. The third kappa shape index (κ3) is 3.82. The molecule has 1 N–H and O–H groups in total. The first-order chi connectivity index (χ1) is 10.9. The Morgan fingerprint density at radius 3 is 2.91 bits per heavy atom. The molecule has 3 rings (SSSR count). The standard InChI is InChI=1S/C17H19Cl2NO3/c1-10-2-13(17(21)22)8-20(6-10)7-11-3-12-4-14(18)5-15(19)16(12)23-9-11/h3-5,10,13H,2,6-9H2,1H3,(H,21,22). The van der Waals surface area contributed by atoms with Gasteiger partial charge >= 0.3 is 5.97 Å². The number of hydrogen-bond acceptors (Lipinski definition) is 3. The average Bonchev–Trinajstić information content (AvgIpc) is 2.45. The largest absolute Gasteiger partial charge is 0.487 e. The van der Waals surface area contributed by atoms with E-state index in [1.807, 2.05) is 12.1 Å². The summed E-state index contributed by atoms with van der Waals surface area (Å²) in [5.74, 6) is 0.0424. The number of benzene rings is 1. The first-order valence-corrected chi connectivity index (χ1v) is 8.44. The van der Waals surface area contributed by atoms with E-state index >= 15 is 0 Å². The molecule has 2 atom stereocenters. The molecule has 0 saturated carbocycles. The lowest BCUT2D eigenvalue weighted by molar-refractivity contribution is -0.144. The summed E-state index contributed by atoms with van der Waals surface area (Å²) >= 11 is 12.2. The average molecular weight is 356 g/mol. The molecule has 0 aromatic heterocycles. The quantitative estimate of drug-likeness (QED) is 0.895. The summed E-state index contributed by atoms with van der Waals surface area (Å²) in [7, 11) is 0. The SMILES string of the molecule is CC1CC(C(=O)O)CN(CC2=Cc3cc(Cl)cc(Cl)c3OC2)C1. The Hall–Kier alpha value is -1.23. The number of ether oxygens (including phenoxy) is 1. The van der Waals surface area contributed by atoms with E-state index < -0.39 is 5.97 Å². The van der Waals surface area contributed by atoms with Crippen molar-refractivity contribution in [2.75, 3.05) is 26.2 Å². The molecule has 0 aliphatic carbocycles. The minimum absolute atomic E-state index is 0.292. The molecule has 0 radical (unpaired) electrons. The molecule has 23 heavy (non-hydrogen) atoms. The molecule has 2 aliphatic rings. The van der Waals surface area contributed by atoms with E-state index in [0.717, 1.165) is 24.1 Å². The van der Waals surface area contributed by atoms with Gasteiger partial charge in [-0.2, -0.15) is 0 Å². The summed E-state index contributed by atoms with van der Waals surface area (Å²) in [6.07, 6.45) is 2.79. The molecule has 0 bridgehead atoms. The lowest BCUT2D eigenvalue weighted by Gasteiger charge is -2.35. The van der Waals surface area contributed by atoms with Crippen LogP contribution >= 0.6 is 23.2 Å². The van der Waals surface area contributed by atoms with Gasteiger partial charge in [-0.25, -0.2) is 0 Å².